The molecule has 1 aliphatic heterocycles. The molecular formula is C15H22N4O2. The van der Waals surface area contributed by atoms with Crippen molar-refractivity contribution in [2.45, 2.75) is 12.5 Å². The van der Waals surface area contributed by atoms with E-state index in [-0.39, 0.29) is 11.9 Å². The van der Waals surface area contributed by atoms with Crippen molar-refractivity contribution in [3.63, 3.8) is 0 Å². The summed E-state index contributed by atoms with van der Waals surface area (Å²) in [6.07, 6.45) is 0.462. The summed E-state index contributed by atoms with van der Waals surface area (Å²) in [5.74, 6) is 1.64. The molecule has 1 heterocycles. The fourth-order valence-corrected chi connectivity index (χ4v) is 2.41. The first-order valence-electron chi connectivity index (χ1n) is 6.90. The van der Waals surface area contributed by atoms with Gasteiger partial charge in [0.05, 0.1) is 13.2 Å². The van der Waals surface area contributed by atoms with E-state index in [1.54, 1.807) is 19.1 Å². The number of methoxy groups -OCH3 is 1. The number of rotatable bonds is 3. The standard InChI is InChI=1S/C15H22N4O2/c1-16-15(18(2)3)17-11-8-14(20)19(10-11)12-6-5-7-13(9-12)21-4/h5-7,9,11H,8,10H2,1-4H3,(H,16,17). The molecule has 1 aliphatic rings. The fraction of sp³-hybridized carbons (Fsp3) is 0.467. The maximum Gasteiger partial charge on any atom is 0.229 e. The number of benzene rings is 1. The summed E-state index contributed by atoms with van der Waals surface area (Å²) in [6, 6.07) is 7.61. The van der Waals surface area contributed by atoms with Crippen molar-refractivity contribution in [3.05, 3.63) is 24.3 Å². The molecule has 114 valence electrons. The smallest absolute Gasteiger partial charge is 0.229 e. The van der Waals surface area contributed by atoms with Crippen LogP contribution in [-0.4, -0.2) is 57.6 Å². The van der Waals surface area contributed by atoms with Crippen molar-refractivity contribution in [2.75, 3.05) is 39.7 Å². The molecule has 1 saturated heterocycles. The number of amides is 1. The van der Waals surface area contributed by atoms with E-state index in [1.165, 1.54) is 0 Å². The van der Waals surface area contributed by atoms with Gasteiger partial charge < -0.3 is 19.9 Å². The molecule has 0 radical (unpaired) electrons. The molecule has 0 bridgehead atoms. The minimum atomic E-state index is 0.0600. The van der Waals surface area contributed by atoms with Gasteiger partial charge in [-0.2, -0.15) is 0 Å². The van der Waals surface area contributed by atoms with E-state index in [0.717, 1.165) is 17.4 Å². The molecular weight excluding hydrogens is 268 g/mol. The lowest BCUT2D eigenvalue weighted by Gasteiger charge is -2.21. The van der Waals surface area contributed by atoms with Gasteiger partial charge in [-0.3, -0.25) is 9.79 Å². The summed E-state index contributed by atoms with van der Waals surface area (Å²) >= 11 is 0. The minimum absolute atomic E-state index is 0.0600. The molecule has 1 atom stereocenters. The van der Waals surface area contributed by atoms with Gasteiger partial charge in [0.1, 0.15) is 5.75 Å². The maximum atomic E-state index is 12.2. The van der Waals surface area contributed by atoms with Crippen LogP contribution in [0.5, 0.6) is 5.75 Å². The van der Waals surface area contributed by atoms with Gasteiger partial charge in [-0.25, -0.2) is 0 Å². The number of hydrogen-bond donors (Lipinski definition) is 1. The van der Waals surface area contributed by atoms with Crippen LogP contribution in [0.4, 0.5) is 5.69 Å². The van der Waals surface area contributed by atoms with Crippen molar-refractivity contribution in [1.29, 1.82) is 0 Å². The van der Waals surface area contributed by atoms with Crippen LogP contribution in [-0.2, 0) is 4.79 Å². The molecule has 6 heteroatoms. The third-order valence-corrected chi connectivity index (χ3v) is 3.46. The van der Waals surface area contributed by atoms with Gasteiger partial charge in [0.25, 0.3) is 0 Å². The maximum absolute atomic E-state index is 12.2. The van der Waals surface area contributed by atoms with E-state index in [2.05, 4.69) is 10.3 Å². The van der Waals surface area contributed by atoms with Crippen LogP contribution in [0.2, 0.25) is 0 Å². The molecule has 1 N–H and O–H groups in total. The van der Waals surface area contributed by atoms with Gasteiger partial charge in [-0.1, -0.05) is 6.07 Å². The van der Waals surface area contributed by atoms with Crippen LogP contribution in [0.25, 0.3) is 0 Å². The molecule has 0 spiro atoms. The summed E-state index contributed by atoms with van der Waals surface area (Å²) < 4.78 is 5.21. The fourth-order valence-electron chi connectivity index (χ4n) is 2.41. The Kier molecular flexibility index (Phi) is 4.67. The summed E-state index contributed by atoms with van der Waals surface area (Å²) in [5.41, 5.74) is 0.864. The van der Waals surface area contributed by atoms with Crippen LogP contribution < -0.4 is 15.0 Å². The highest BCUT2D eigenvalue weighted by Gasteiger charge is 2.31. The Morgan fingerprint density at radius 1 is 1.48 bits per heavy atom. The first-order valence-corrected chi connectivity index (χ1v) is 6.90. The highest BCUT2D eigenvalue weighted by molar-refractivity contribution is 5.97. The topological polar surface area (TPSA) is 57.2 Å². The molecule has 1 aromatic rings. The van der Waals surface area contributed by atoms with Crippen LogP contribution >= 0.6 is 0 Å². The number of nitrogens with zero attached hydrogens (tertiary/aromatic N) is 3. The first kappa shape index (κ1) is 15.2. The van der Waals surface area contributed by atoms with E-state index in [1.807, 2.05) is 43.3 Å². The third kappa shape index (κ3) is 3.45. The molecule has 21 heavy (non-hydrogen) atoms. The van der Waals surface area contributed by atoms with Crippen molar-refractivity contribution >= 4 is 17.6 Å². The molecule has 2 rings (SSSR count). The summed E-state index contributed by atoms with van der Waals surface area (Å²) in [6.45, 7) is 0.624. The van der Waals surface area contributed by atoms with Crippen LogP contribution in [0, 0.1) is 0 Å². The van der Waals surface area contributed by atoms with Crippen LogP contribution in [0.1, 0.15) is 6.42 Å². The lowest BCUT2D eigenvalue weighted by molar-refractivity contribution is -0.117. The van der Waals surface area contributed by atoms with Gasteiger partial charge in [0.2, 0.25) is 5.91 Å². The third-order valence-electron chi connectivity index (χ3n) is 3.46. The number of aliphatic imine (C=N–C) groups is 1. The van der Waals surface area contributed by atoms with E-state index < -0.39 is 0 Å². The Hall–Kier alpha value is -2.24. The number of ether oxygens (including phenoxy) is 1. The number of carbonyl (C=O) groups excluding carboxylic acids is 1. The van der Waals surface area contributed by atoms with Crippen molar-refractivity contribution in [2.24, 2.45) is 4.99 Å². The Bertz CT molecular complexity index is 542. The van der Waals surface area contributed by atoms with Crippen molar-refractivity contribution < 1.29 is 9.53 Å². The quantitative estimate of drug-likeness (QED) is 0.665. The SMILES string of the molecule is CN=C(NC1CC(=O)N(c2cccc(OC)c2)C1)N(C)C. The van der Waals surface area contributed by atoms with E-state index in [0.29, 0.717) is 13.0 Å². The Labute approximate surface area is 125 Å². The zero-order valence-electron chi connectivity index (χ0n) is 13.0. The predicted octanol–water partition coefficient (Wildman–Crippen LogP) is 0.937. The number of anilines is 1. The normalized spacial score (nSPS) is 18.9. The molecule has 0 saturated carbocycles. The molecule has 1 fully saturated rings. The second kappa shape index (κ2) is 6.47. The first-order chi connectivity index (χ1) is 10.0. The number of guanidine groups is 1. The molecule has 0 aliphatic carbocycles. The number of nitrogens with one attached hydrogen (secondary N) is 1. The van der Waals surface area contributed by atoms with E-state index in [4.69, 9.17) is 4.74 Å². The molecule has 1 unspecified atom stereocenters. The number of hydrogen-bond acceptors (Lipinski definition) is 3. The molecule has 1 aromatic carbocycles. The summed E-state index contributed by atoms with van der Waals surface area (Å²) in [4.78, 5) is 20.1. The van der Waals surface area contributed by atoms with Gasteiger partial charge >= 0.3 is 0 Å². The Morgan fingerprint density at radius 2 is 2.24 bits per heavy atom. The molecule has 6 nitrogen and oxygen atoms in total. The molecule has 0 aromatic heterocycles. The van der Waals surface area contributed by atoms with Gasteiger partial charge in [-0.05, 0) is 12.1 Å². The average molecular weight is 290 g/mol. The van der Waals surface area contributed by atoms with Gasteiger partial charge in [0, 0.05) is 45.9 Å². The highest BCUT2D eigenvalue weighted by atomic mass is 16.5. The molecule has 1 amide bonds. The highest BCUT2D eigenvalue weighted by Crippen LogP contribution is 2.25. The second-order valence-corrected chi connectivity index (χ2v) is 5.19. The summed E-state index contributed by atoms with van der Waals surface area (Å²) in [5, 5.41) is 3.31. The Balaban J connectivity index is 2.09. The monoisotopic (exact) mass is 290 g/mol. The van der Waals surface area contributed by atoms with Gasteiger partial charge in [0.15, 0.2) is 5.96 Å². The zero-order chi connectivity index (χ0) is 15.4. The number of carbonyl (C=O) groups is 1. The lowest BCUT2D eigenvalue weighted by Crippen LogP contribution is -2.43. The lowest BCUT2D eigenvalue weighted by atomic mass is 10.2. The average Bonchev–Trinajstić information content (AvgIpc) is 2.85. The largest absolute Gasteiger partial charge is 0.497 e. The van der Waals surface area contributed by atoms with E-state index >= 15 is 0 Å². The Morgan fingerprint density at radius 3 is 2.86 bits per heavy atom. The van der Waals surface area contributed by atoms with Crippen LogP contribution in [0.3, 0.4) is 0 Å². The minimum Gasteiger partial charge on any atom is -0.497 e. The zero-order valence-corrected chi connectivity index (χ0v) is 13.0. The van der Waals surface area contributed by atoms with Gasteiger partial charge in [-0.15, -0.1) is 0 Å². The van der Waals surface area contributed by atoms with E-state index in [9.17, 15) is 4.79 Å². The van der Waals surface area contributed by atoms with Crippen molar-refractivity contribution in [1.82, 2.24) is 10.2 Å². The predicted molar refractivity (Wildman–Crippen MR) is 83.9 cm³/mol. The second-order valence-electron chi connectivity index (χ2n) is 5.19. The summed E-state index contributed by atoms with van der Waals surface area (Å²) in [7, 11) is 7.20. The van der Waals surface area contributed by atoms with Crippen LogP contribution in [0.15, 0.2) is 29.3 Å². The van der Waals surface area contributed by atoms with Crippen molar-refractivity contribution in [3.8, 4) is 5.75 Å².